The predicted molar refractivity (Wildman–Crippen MR) is 59.0 cm³/mol. The van der Waals surface area contributed by atoms with Gasteiger partial charge in [0.05, 0.1) is 5.25 Å². The minimum Gasteiger partial charge on any atom is -0.285 e. The Balaban J connectivity index is 3.65. The highest BCUT2D eigenvalue weighted by Gasteiger charge is 2.19. The third-order valence-corrected chi connectivity index (χ3v) is 3.92. The summed E-state index contributed by atoms with van der Waals surface area (Å²) >= 11 is 0. The van der Waals surface area contributed by atoms with Crippen molar-refractivity contribution < 1.29 is 13.0 Å². The van der Waals surface area contributed by atoms with Crippen LogP contribution in [0.4, 0.5) is 0 Å². The van der Waals surface area contributed by atoms with Gasteiger partial charge in [0.15, 0.2) is 0 Å². The maximum absolute atomic E-state index is 10.8. The lowest BCUT2D eigenvalue weighted by atomic mass is 10.1. The fraction of sp³-hybridized carbons (Fsp3) is 1.00. The molecule has 0 radical (unpaired) electrons. The fourth-order valence-electron chi connectivity index (χ4n) is 1.54. The van der Waals surface area contributed by atoms with Gasteiger partial charge in [0, 0.05) is 0 Å². The Labute approximate surface area is 87.7 Å². The molecule has 0 aliphatic carbocycles. The van der Waals surface area contributed by atoms with Crippen molar-refractivity contribution >= 4 is 10.1 Å². The van der Waals surface area contributed by atoms with Crippen molar-refractivity contribution in [2.45, 2.75) is 64.0 Å². The van der Waals surface area contributed by atoms with E-state index in [9.17, 15) is 8.42 Å². The summed E-state index contributed by atoms with van der Waals surface area (Å²) in [7, 11) is -3.81. The van der Waals surface area contributed by atoms with Gasteiger partial charge in [-0.05, 0) is 12.8 Å². The Morgan fingerprint density at radius 2 is 1.64 bits per heavy atom. The monoisotopic (exact) mass is 222 g/mol. The Morgan fingerprint density at radius 3 is 2.07 bits per heavy atom. The molecular weight excluding hydrogens is 200 g/mol. The maximum Gasteiger partial charge on any atom is 0.267 e. The minimum absolute atomic E-state index is 0.507. The molecule has 0 amide bonds. The van der Waals surface area contributed by atoms with Crippen LogP contribution in [0.15, 0.2) is 0 Å². The molecule has 0 aromatic carbocycles. The molecule has 0 aromatic rings. The Hall–Kier alpha value is -0.0900. The molecule has 1 N–H and O–H groups in total. The Bertz CT molecular complexity index is 222. The van der Waals surface area contributed by atoms with Crippen molar-refractivity contribution in [2.75, 3.05) is 0 Å². The van der Waals surface area contributed by atoms with Crippen LogP contribution >= 0.6 is 0 Å². The Kier molecular flexibility index (Phi) is 7.19. The van der Waals surface area contributed by atoms with Crippen LogP contribution in [-0.4, -0.2) is 18.2 Å². The third kappa shape index (κ3) is 6.38. The van der Waals surface area contributed by atoms with Crippen LogP contribution in [-0.2, 0) is 10.1 Å². The lowest BCUT2D eigenvalue weighted by Crippen LogP contribution is -2.19. The second kappa shape index (κ2) is 7.23. The molecule has 1 unspecified atom stereocenters. The molecule has 3 nitrogen and oxygen atoms in total. The summed E-state index contributed by atoms with van der Waals surface area (Å²) in [6, 6.07) is 0. The van der Waals surface area contributed by atoms with Crippen LogP contribution in [0.25, 0.3) is 0 Å². The molecule has 0 spiro atoms. The maximum atomic E-state index is 10.8. The van der Waals surface area contributed by atoms with Gasteiger partial charge in [-0.2, -0.15) is 8.42 Å². The van der Waals surface area contributed by atoms with E-state index in [2.05, 4.69) is 6.92 Å². The summed E-state index contributed by atoms with van der Waals surface area (Å²) < 4.78 is 30.5. The van der Waals surface area contributed by atoms with Crippen LogP contribution in [0, 0.1) is 0 Å². The molecule has 0 aromatic heterocycles. The first kappa shape index (κ1) is 13.9. The highest BCUT2D eigenvalue weighted by atomic mass is 32.2. The van der Waals surface area contributed by atoms with Gasteiger partial charge < -0.3 is 0 Å². The van der Waals surface area contributed by atoms with Gasteiger partial charge in [-0.15, -0.1) is 0 Å². The standard InChI is InChI=1S/C10H22O3S/c1-3-5-6-7-8-9-10(4-2)14(11,12)13/h10H,3-9H2,1-2H3,(H,11,12,13). The second-order valence-corrected chi connectivity index (χ2v) is 5.44. The first-order valence-corrected chi connectivity index (χ1v) is 6.99. The second-order valence-electron chi connectivity index (χ2n) is 3.75. The van der Waals surface area contributed by atoms with Crippen molar-refractivity contribution in [3.63, 3.8) is 0 Å². The SMILES string of the molecule is CCCCCCCC(CC)S(=O)(=O)O. The molecule has 14 heavy (non-hydrogen) atoms. The first-order chi connectivity index (χ1) is 6.52. The van der Waals surface area contributed by atoms with Gasteiger partial charge in [0.2, 0.25) is 0 Å². The number of rotatable bonds is 8. The van der Waals surface area contributed by atoms with Gasteiger partial charge >= 0.3 is 0 Å². The smallest absolute Gasteiger partial charge is 0.267 e. The predicted octanol–water partition coefficient (Wildman–Crippen LogP) is 3.01. The zero-order valence-corrected chi connectivity index (χ0v) is 10.0. The van der Waals surface area contributed by atoms with Crippen LogP contribution in [0.2, 0.25) is 0 Å². The van der Waals surface area contributed by atoms with E-state index in [0.29, 0.717) is 12.8 Å². The first-order valence-electron chi connectivity index (χ1n) is 5.48. The quantitative estimate of drug-likeness (QED) is 0.507. The van der Waals surface area contributed by atoms with Crippen molar-refractivity contribution in [1.29, 1.82) is 0 Å². The largest absolute Gasteiger partial charge is 0.285 e. The average molecular weight is 222 g/mol. The molecule has 0 aliphatic heterocycles. The van der Waals surface area contributed by atoms with E-state index >= 15 is 0 Å². The van der Waals surface area contributed by atoms with E-state index in [1.54, 1.807) is 6.92 Å². The van der Waals surface area contributed by atoms with Crippen LogP contribution in [0.1, 0.15) is 58.8 Å². The summed E-state index contributed by atoms with van der Waals surface area (Å²) in [6.07, 6.45) is 6.64. The number of hydrogen-bond donors (Lipinski definition) is 1. The Morgan fingerprint density at radius 1 is 1.07 bits per heavy atom. The number of unbranched alkanes of at least 4 members (excludes halogenated alkanes) is 4. The topological polar surface area (TPSA) is 54.4 Å². The highest BCUT2D eigenvalue weighted by molar-refractivity contribution is 7.86. The van der Waals surface area contributed by atoms with Crippen molar-refractivity contribution in [1.82, 2.24) is 0 Å². The fourth-order valence-corrected chi connectivity index (χ4v) is 2.42. The molecule has 86 valence electrons. The summed E-state index contributed by atoms with van der Waals surface area (Å²) in [5.41, 5.74) is 0. The van der Waals surface area contributed by atoms with Gasteiger partial charge in [-0.3, -0.25) is 4.55 Å². The highest BCUT2D eigenvalue weighted by Crippen LogP contribution is 2.14. The van der Waals surface area contributed by atoms with Gasteiger partial charge in [0.1, 0.15) is 0 Å². The zero-order valence-electron chi connectivity index (χ0n) is 9.20. The van der Waals surface area contributed by atoms with Crippen LogP contribution in [0.3, 0.4) is 0 Å². The van der Waals surface area contributed by atoms with Gasteiger partial charge in [0.25, 0.3) is 10.1 Å². The summed E-state index contributed by atoms with van der Waals surface area (Å²) in [5.74, 6) is 0. The molecule has 4 heteroatoms. The molecule has 0 saturated carbocycles. The van der Waals surface area contributed by atoms with E-state index in [-0.39, 0.29) is 0 Å². The van der Waals surface area contributed by atoms with E-state index < -0.39 is 15.4 Å². The van der Waals surface area contributed by atoms with Gasteiger partial charge in [-0.25, -0.2) is 0 Å². The van der Waals surface area contributed by atoms with Crippen molar-refractivity contribution in [3.05, 3.63) is 0 Å². The van der Waals surface area contributed by atoms with E-state index in [1.807, 2.05) is 0 Å². The molecule has 0 bridgehead atoms. The normalized spacial score (nSPS) is 14.2. The van der Waals surface area contributed by atoms with Crippen LogP contribution < -0.4 is 0 Å². The third-order valence-electron chi connectivity index (χ3n) is 2.51. The zero-order chi connectivity index (χ0) is 11.0. The van der Waals surface area contributed by atoms with E-state index in [4.69, 9.17) is 4.55 Å². The molecule has 0 saturated heterocycles. The van der Waals surface area contributed by atoms with E-state index in [1.165, 1.54) is 19.3 Å². The van der Waals surface area contributed by atoms with Gasteiger partial charge in [-0.1, -0.05) is 46.0 Å². The molecule has 0 heterocycles. The summed E-state index contributed by atoms with van der Waals surface area (Å²) in [4.78, 5) is 0. The lowest BCUT2D eigenvalue weighted by molar-refractivity contribution is 0.453. The summed E-state index contributed by atoms with van der Waals surface area (Å²) in [5, 5.41) is -0.552. The molecule has 0 rings (SSSR count). The minimum atomic E-state index is -3.81. The molecule has 0 aliphatic rings. The van der Waals surface area contributed by atoms with E-state index in [0.717, 1.165) is 12.8 Å². The average Bonchev–Trinajstić information content (AvgIpc) is 2.09. The summed E-state index contributed by atoms with van der Waals surface area (Å²) in [6.45, 7) is 3.94. The molecule has 1 atom stereocenters. The number of hydrogen-bond acceptors (Lipinski definition) is 2. The van der Waals surface area contributed by atoms with Crippen LogP contribution in [0.5, 0.6) is 0 Å². The van der Waals surface area contributed by atoms with Crippen molar-refractivity contribution in [3.8, 4) is 0 Å². The molecule has 0 fully saturated rings. The lowest BCUT2D eigenvalue weighted by Gasteiger charge is -2.10. The molecular formula is C10H22O3S. The van der Waals surface area contributed by atoms with Crippen molar-refractivity contribution in [2.24, 2.45) is 0 Å².